The summed E-state index contributed by atoms with van der Waals surface area (Å²) >= 11 is 0. The topological polar surface area (TPSA) is 291 Å². The summed E-state index contributed by atoms with van der Waals surface area (Å²) in [5, 5.41) is 41.2. The van der Waals surface area contributed by atoms with Crippen LogP contribution in [0.25, 0.3) is 38.4 Å². The molecule has 23 heteroatoms. The summed E-state index contributed by atoms with van der Waals surface area (Å²) in [7, 11) is 0. The minimum atomic E-state index is 0.962. The second-order valence-corrected chi connectivity index (χ2v) is 14.0. The van der Waals surface area contributed by atoms with Gasteiger partial charge in [0.15, 0.2) is 12.7 Å². The predicted octanol–water partition coefficient (Wildman–Crippen LogP) is 9.09. The highest BCUT2D eigenvalue weighted by Gasteiger charge is 2.03. The van der Waals surface area contributed by atoms with Gasteiger partial charge in [0, 0.05) is 109 Å². The normalized spacial score (nSPS) is 9.01. The molecule has 15 rings (SSSR count). The number of fused-ring (bicyclic) bond motifs is 5. The Morgan fingerprint density at radius 2 is 0.747 bits per heavy atom. The van der Waals surface area contributed by atoms with Crippen molar-refractivity contribution in [1.29, 1.82) is 0 Å². The number of benzene rings is 3. The maximum atomic E-state index is 5.65. The summed E-state index contributed by atoms with van der Waals surface area (Å²) in [5.74, 6) is 0. The van der Waals surface area contributed by atoms with E-state index in [9.17, 15) is 0 Å². The quantitative estimate of drug-likeness (QED) is 0.148. The molecule has 0 spiro atoms. The maximum absolute atomic E-state index is 5.65. The molecule has 0 amide bonds. The first-order valence-corrected chi connectivity index (χ1v) is 23.4. The molecule has 390 valence electrons. The summed E-state index contributed by atoms with van der Waals surface area (Å²) in [5.41, 5.74) is 4.38. The van der Waals surface area contributed by atoms with Crippen LogP contribution in [-0.4, -0.2) is 110 Å². The first kappa shape index (κ1) is 58.0. The molecule has 0 fully saturated rings. The van der Waals surface area contributed by atoms with Crippen LogP contribution in [0.3, 0.4) is 0 Å². The van der Waals surface area contributed by atoms with Gasteiger partial charge in [0.25, 0.3) is 0 Å². The van der Waals surface area contributed by atoms with Crippen LogP contribution in [0, 0.1) is 0 Å². The van der Waals surface area contributed by atoms with Crippen LogP contribution in [-0.2, 0) is 0 Å². The lowest BCUT2D eigenvalue weighted by Crippen LogP contribution is -1.81. The van der Waals surface area contributed by atoms with Crippen LogP contribution in [0.2, 0.25) is 0 Å². The van der Waals surface area contributed by atoms with E-state index in [1.54, 1.807) is 92.7 Å². The van der Waals surface area contributed by atoms with Gasteiger partial charge < -0.3 is 13.8 Å². The largest absolute Gasteiger partial charge is 0.456 e. The molecule has 0 saturated carbocycles. The summed E-state index contributed by atoms with van der Waals surface area (Å²) in [4.78, 5) is 36.0. The number of aromatic nitrogens is 22. The van der Waals surface area contributed by atoms with Gasteiger partial charge in [0.05, 0.1) is 18.6 Å². The Labute approximate surface area is 452 Å². The van der Waals surface area contributed by atoms with Crippen molar-refractivity contribution in [2.75, 3.05) is 0 Å². The van der Waals surface area contributed by atoms with Gasteiger partial charge in [0.2, 0.25) is 0 Å². The third-order valence-electron chi connectivity index (χ3n) is 8.74. The second kappa shape index (κ2) is 40.6. The van der Waals surface area contributed by atoms with Crippen molar-refractivity contribution >= 4 is 38.4 Å². The van der Waals surface area contributed by atoms with Gasteiger partial charge in [-0.3, -0.25) is 15.0 Å². The maximum Gasteiger partial charge on any atom is 0.160 e. The van der Waals surface area contributed by atoms with Crippen LogP contribution >= 0.6 is 0 Å². The number of pyridine rings is 2. The minimum absolute atomic E-state index is 0.962. The first-order valence-electron chi connectivity index (χ1n) is 23.4. The fourth-order valence-electron chi connectivity index (χ4n) is 5.50. The molecule has 1 N–H and O–H groups in total. The number of para-hydroxylation sites is 3. The van der Waals surface area contributed by atoms with Crippen molar-refractivity contribution < 1.29 is 4.42 Å². The molecule has 79 heavy (non-hydrogen) atoms. The Morgan fingerprint density at radius 3 is 1.14 bits per heavy atom. The lowest BCUT2D eigenvalue weighted by molar-refractivity contribution is 0.669. The van der Waals surface area contributed by atoms with Crippen molar-refractivity contribution in [2.24, 2.45) is 0 Å². The summed E-state index contributed by atoms with van der Waals surface area (Å²) in [6.07, 6.45) is 38.7. The third kappa shape index (κ3) is 27.1. The Balaban J connectivity index is 0.000000162. The summed E-state index contributed by atoms with van der Waals surface area (Å²) in [6.45, 7) is 0. The molecular weight excluding hydrogens is 997 g/mol. The third-order valence-corrected chi connectivity index (χ3v) is 8.74. The number of furan rings is 1. The molecule has 3 aromatic carbocycles. The van der Waals surface area contributed by atoms with Gasteiger partial charge in [0.1, 0.15) is 42.8 Å². The van der Waals surface area contributed by atoms with E-state index in [-0.39, 0.29) is 0 Å². The van der Waals surface area contributed by atoms with E-state index in [4.69, 9.17) is 4.42 Å². The standard InChI is InChI=1S/C12H8O.2C8H7N.C5H5N.3C4H4N2.3C3H3N3.C2H2N4/c1-3-7-11-9(5-1)10-6-2-4-8-12(10)13-11;1-2-6-9-7-3-5-8(9)4-1;1-2-4-8-7(3-1)5-6-9-8;1-2-4-6-5-3-1;1-2-6-4-3-5-1;1-2-5-4-6-3-1;1-2-4-6-5-3-1;1-4-2-6-3-5-1;1-2-5-6-3-4-1;1-2-4-6-5-3-1;1-3-5-2-6-4-1/h1-8H;1-7H;1-6,9H;1-5H;3*1-4H;3*1-3H;1-2H. The van der Waals surface area contributed by atoms with Gasteiger partial charge in [-0.25, -0.2) is 29.9 Å². The van der Waals surface area contributed by atoms with Gasteiger partial charge in [-0.1, -0.05) is 66.7 Å². The molecule has 0 radical (unpaired) electrons. The molecule has 12 aromatic heterocycles. The first-order chi connectivity index (χ1) is 39.4. The average Bonchev–Trinajstić information content (AvgIpc) is 4.39. The van der Waals surface area contributed by atoms with E-state index in [1.165, 1.54) is 77.7 Å². The number of aromatic amines is 1. The Morgan fingerprint density at radius 1 is 0.291 bits per heavy atom. The van der Waals surface area contributed by atoms with Crippen molar-refractivity contribution in [3.05, 3.63) is 301 Å². The lowest BCUT2D eigenvalue weighted by atomic mass is 10.2. The van der Waals surface area contributed by atoms with E-state index in [0.717, 1.165) is 11.2 Å². The molecule has 0 aliphatic rings. The van der Waals surface area contributed by atoms with E-state index in [0.29, 0.717) is 0 Å². The zero-order valence-corrected chi connectivity index (χ0v) is 42.1. The van der Waals surface area contributed by atoms with E-state index < -0.39 is 0 Å². The second-order valence-electron chi connectivity index (χ2n) is 14.0. The molecular formula is C56H50N22O. The lowest BCUT2D eigenvalue weighted by Gasteiger charge is -1.88. The van der Waals surface area contributed by atoms with Crippen molar-refractivity contribution in [3.63, 3.8) is 0 Å². The molecule has 23 nitrogen and oxygen atoms in total. The van der Waals surface area contributed by atoms with Crippen LogP contribution in [0.5, 0.6) is 0 Å². The number of nitrogens with zero attached hydrogens (tertiary/aromatic N) is 21. The van der Waals surface area contributed by atoms with Gasteiger partial charge in [-0.15, -0.1) is 35.7 Å². The molecule has 12 heterocycles. The fourth-order valence-corrected chi connectivity index (χ4v) is 5.50. The zero-order chi connectivity index (χ0) is 54.8. The SMILES string of the molecule is c1ccc2[nH]ccc2c1.c1ccc2c(c1)oc1ccccc12.c1ccn2cccc2c1.c1ccncc1.c1ccnnc1.c1cnccn1.c1cncnc1.c1cnncn1.c1cnnnc1.c1ncncn1.c1nncnn1. The number of hydrogen-bond acceptors (Lipinski definition) is 21. The monoisotopic (exact) mass is 1050 g/mol. The van der Waals surface area contributed by atoms with Gasteiger partial charge in [-0.2, -0.15) is 15.3 Å². The predicted molar refractivity (Wildman–Crippen MR) is 297 cm³/mol. The van der Waals surface area contributed by atoms with Crippen molar-refractivity contribution in [2.45, 2.75) is 0 Å². The highest BCUT2D eigenvalue weighted by molar-refractivity contribution is 6.04. The van der Waals surface area contributed by atoms with E-state index in [2.05, 4.69) is 153 Å². The van der Waals surface area contributed by atoms with Crippen LogP contribution in [0.1, 0.15) is 0 Å². The molecule has 0 atom stereocenters. The molecule has 0 aliphatic heterocycles. The van der Waals surface area contributed by atoms with Crippen LogP contribution < -0.4 is 0 Å². The number of hydrogen-bond donors (Lipinski definition) is 1. The van der Waals surface area contributed by atoms with Crippen molar-refractivity contribution in [1.82, 2.24) is 110 Å². The minimum Gasteiger partial charge on any atom is -0.456 e. The smallest absolute Gasteiger partial charge is 0.160 e. The summed E-state index contributed by atoms with van der Waals surface area (Å²) in [6, 6.07) is 49.6. The fraction of sp³-hybridized carbons (Fsp3) is 0. The Bertz CT molecular complexity index is 2880. The molecule has 0 unspecified atom stereocenters. The number of nitrogens with one attached hydrogen (secondary N) is 1. The molecule has 0 saturated heterocycles. The van der Waals surface area contributed by atoms with E-state index in [1.807, 2.05) is 116 Å². The Kier molecular flexibility index (Phi) is 29.8. The van der Waals surface area contributed by atoms with Gasteiger partial charge >= 0.3 is 0 Å². The summed E-state index contributed by atoms with van der Waals surface area (Å²) < 4.78 is 7.74. The molecule has 0 bridgehead atoms. The zero-order valence-electron chi connectivity index (χ0n) is 42.1. The number of H-pyrrole nitrogens is 1. The highest BCUT2D eigenvalue weighted by atomic mass is 16.3. The molecule has 15 aromatic rings. The number of rotatable bonds is 0. The molecule has 0 aliphatic carbocycles. The Hall–Kier alpha value is -11.9. The van der Waals surface area contributed by atoms with Crippen LogP contribution in [0.4, 0.5) is 0 Å². The highest BCUT2D eigenvalue weighted by Crippen LogP contribution is 2.27. The van der Waals surface area contributed by atoms with E-state index >= 15 is 0 Å². The van der Waals surface area contributed by atoms with Gasteiger partial charge in [-0.05, 0) is 95.5 Å². The van der Waals surface area contributed by atoms with Crippen LogP contribution in [0.15, 0.2) is 306 Å². The van der Waals surface area contributed by atoms with Crippen molar-refractivity contribution in [3.8, 4) is 0 Å². The average molecular weight is 1050 g/mol.